The summed E-state index contributed by atoms with van der Waals surface area (Å²) in [5.74, 6) is 0.0883. The van der Waals surface area contributed by atoms with E-state index in [-0.39, 0.29) is 18.1 Å². The van der Waals surface area contributed by atoms with E-state index in [1.165, 1.54) is 27.8 Å². The van der Waals surface area contributed by atoms with Gasteiger partial charge in [0.1, 0.15) is 6.61 Å². The van der Waals surface area contributed by atoms with Crippen molar-refractivity contribution in [1.82, 2.24) is 5.32 Å². The van der Waals surface area contributed by atoms with Crippen molar-refractivity contribution in [1.29, 1.82) is 0 Å². The first-order valence-electron chi connectivity index (χ1n) is 9.47. The van der Waals surface area contributed by atoms with Crippen molar-refractivity contribution >= 4 is 28.7 Å². The van der Waals surface area contributed by atoms with E-state index in [1.54, 1.807) is 0 Å². The van der Waals surface area contributed by atoms with Crippen LogP contribution in [0.1, 0.15) is 22.6 Å². The van der Waals surface area contributed by atoms with Gasteiger partial charge in [0.2, 0.25) is 0 Å². The molecule has 0 spiro atoms. The molecule has 28 heavy (non-hydrogen) atoms. The standard InChI is InChI=1S/C24H22INO2/c25-15-18(14-17-8-2-1-3-9-17)26-24(27)28-16-23-21-12-6-4-10-19(21)20-11-5-7-13-22(20)23/h1-13,18,23H,14-16H2,(H,26,27). The van der Waals surface area contributed by atoms with E-state index >= 15 is 0 Å². The molecule has 1 atom stereocenters. The van der Waals surface area contributed by atoms with Crippen molar-refractivity contribution in [2.75, 3.05) is 11.0 Å². The molecule has 3 aromatic carbocycles. The minimum atomic E-state index is -0.348. The Bertz CT molecular complexity index is 912. The molecule has 142 valence electrons. The summed E-state index contributed by atoms with van der Waals surface area (Å²) >= 11 is 2.31. The molecule has 4 heteroatoms. The summed E-state index contributed by atoms with van der Waals surface area (Å²) in [7, 11) is 0. The number of hydrogen-bond donors (Lipinski definition) is 1. The largest absolute Gasteiger partial charge is 0.449 e. The number of ether oxygens (including phenoxy) is 1. The lowest BCUT2D eigenvalue weighted by Gasteiger charge is -2.18. The molecule has 4 rings (SSSR count). The number of amides is 1. The van der Waals surface area contributed by atoms with Crippen LogP contribution >= 0.6 is 22.6 Å². The lowest BCUT2D eigenvalue weighted by Crippen LogP contribution is -2.38. The fourth-order valence-corrected chi connectivity index (χ4v) is 4.38. The van der Waals surface area contributed by atoms with Crippen molar-refractivity contribution in [2.24, 2.45) is 0 Å². The van der Waals surface area contributed by atoms with Crippen LogP contribution in [0.25, 0.3) is 11.1 Å². The molecule has 0 bridgehead atoms. The Morgan fingerprint density at radius 3 is 2.07 bits per heavy atom. The predicted octanol–water partition coefficient (Wildman–Crippen LogP) is 5.57. The van der Waals surface area contributed by atoms with Gasteiger partial charge in [0.05, 0.1) is 0 Å². The van der Waals surface area contributed by atoms with Gasteiger partial charge in [-0.1, -0.05) is 101 Å². The van der Waals surface area contributed by atoms with Crippen LogP contribution in [-0.4, -0.2) is 23.2 Å². The maximum absolute atomic E-state index is 12.4. The molecule has 1 aliphatic rings. The minimum Gasteiger partial charge on any atom is -0.449 e. The zero-order chi connectivity index (χ0) is 19.3. The summed E-state index contributed by atoms with van der Waals surface area (Å²) < 4.78 is 6.49. The Morgan fingerprint density at radius 1 is 0.893 bits per heavy atom. The molecule has 0 aliphatic heterocycles. The summed E-state index contributed by atoms with van der Waals surface area (Å²) in [4.78, 5) is 12.4. The molecule has 1 aliphatic carbocycles. The van der Waals surface area contributed by atoms with Gasteiger partial charge in [0.25, 0.3) is 0 Å². The van der Waals surface area contributed by atoms with E-state index in [0.29, 0.717) is 6.61 Å². The molecule has 0 aromatic heterocycles. The highest BCUT2D eigenvalue weighted by Crippen LogP contribution is 2.44. The molecule has 3 aromatic rings. The number of nitrogens with one attached hydrogen (secondary N) is 1. The number of carbonyl (C=O) groups excluding carboxylic acids is 1. The Labute approximate surface area is 179 Å². The van der Waals surface area contributed by atoms with E-state index < -0.39 is 0 Å². The van der Waals surface area contributed by atoms with Crippen LogP contribution in [0.3, 0.4) is 0 Å². The molecule has 3 nitrogen and oxygen atoms in total. The van der Waals surface area contributed by atoms with Gasteiger partial charge in [-0.15, -0.1) is 0 Å². The van der Waals surface area contributed by atoms with Gasteiger partial charge in [0, 0.05) is 16.4 Å². The third-order valence-corrected chi connectivity index (χ3v) is 6.24. The van der Waals surface area contributed by atoms with Crippen molar-refractivity contribution in [2.45, 2.75) is 18.4 Å². The fourth-order valence-electron chi connectivity index (χ4n) is 3.85. The topological polar surface area (TPSA) is 38.3 Å². The second-order valence-corrected chi connectivity index (χ2v) is 7.89. The summed E-state index contributed by atoms with van der Waals surface area (Å²) in [6.07, 6.45) is 0.452. The number of hydrogen-bond acceptors (Lipinski definition) is 2. The van der Waals surface area contributed by atoms with E-state index in [9.17, 15) is 4.79 Å². The Morgan fingerprint density at radius 2 is 1.46 bits per heavy atom. The van der Waals surface area contributed by atoms with Gasteiger partial charge in [0.15, 0.2) is 0 Å². The van der Waals surface area contributed by atoms with E-state index in [1.807, 2.05) is 30.3 Å². The molecule has 0 fully saturated rings. The molecule has 0 saturated heterocycles. The summed E-state index contributed by atoms with van der Waals surface area (Å²) in [6.45, 7) is 0.346. The maximum Gasteiger partial charge on any atom is 0.407 e. The Hall–Kier alpha value is -2.34. The normalized spacial score (nSPS) is 13.5. The quantitative estimate of drug-likeness (QED) is 0.368. The number of halogens is 1. The van der Waals surface area contributed by atoms with Gasteiger partial charge < -0.3 is 10.1 Å². The van der Waals surface area contributed by atoms with Crippen LogP contribution < -0.4 is 5.32 Å². The van der Waals surface area contributed by atoms with Crippen LogP contribution in [0.15, 0.2) is 78.9 Å². The van der Waals surface area contributed by atoms with Crippen LogP contribution in [0.4, 0.5) is 4.79 Å². The molecule has 0 heterocycles. The second kappa shape index (κ2) is 8.78. The number of alkyl carbamates (subject to hydrolysis) is 1. The van der Waals surface area contributed by atoms with Gasteiger partial charge in [-0.05, 0) is 34.2 Å². The Kier molecular flexibility index (Phi) is 5.95. The third-order valence-electron chi connectivity index (χ3n) is 5.18. The van der Waals surface area contributed by atoms with E-state index in [2.05, 4.69) is 76.4 Å². The van der Waals surface area contributed by atoms with E-state index in [0.717, 1.165) is 10.8 Å². The summed E-state index contributed by atoms with van der Waals surface area (Å²) in [6, 6.07) is 27.0. The first kappa shape index (κ1) is 19.0. The first-order chi connectivity index (χ1) is 13.8. The monoisotopic (exact) mass is 483 g/mol. The number of benzene rings is 3. The lowest BCUT2D eigenvalue weighted by molar-refractivity contribution is 0.140. The zero-order valence-corrected chi connectivity index (χ0v) is 17.6. The van der Waals surface area contributed by atoms with Gasteiger partial charge >= 0.3 is 6.09 Å². The van der Waals surface area contributed by atoms with Crippen molar-refractivity contribution in [3.05, 3.63) is 95.6 Å². The fraction of sp³-hybridized carbons (Fsp3) is 0.208. The maximum atomic E-state index is 12.4. The number of rotatable bonds is 6. The highest BCUT2D eigenvalue weighted by Gasteiger charge is 2.29. The van der Waals surface area contributed by atoms with Gasteiger partial charge in [-0.2, -0.15) is 0 Å². The molecule has 1 amide bonds. The average Bonchev–Trinajstić information content (AvgIpc) is 3.06. The molecular weight excluding hydrogens is 461 g/mol. The first-order valence-corrected chi connectivity index (χ1v) is 11.0. The molecule has 1 unspecified atom stereocenters. The zero-order valence-electron chi connectivity index (χ0n) is 15.5. The minimum absolute atomic E-state index is 0.0543. The van der Waals surface area contributed by atoms with Crippen LogP contribution in [0, 0.1) is 0 Å². The number of carbonyl (C=O) groups is 1. The highest BCUT2D eigenvalue weighted by atomic mass is 127. The van der Waals surface area contributed by atoms with E-state index in [4.69, 9.17) is 4.74 Å². The number of alkyl halides is 1. The van der Waals surface area contributed by atoms with Gasteiger partial charge in [-0.25, -0.2) is 4.79 Å². The lowest BCUT2D eigenvalue weighted by atomic mass is 9.98. The smallest absolute Gasteiger partial charge is 0.407 e. The third kappa shape index (κ3) is 4.07. The predicted molar refractivity (Wildman–Crippen MR) is 121 cm³/mol. The molecule has 1 N–H and O–H groups in total. The molecule has 0 saturated carbocycles. The molecular formula is C24H22INO2. The van der Waals surface area contributed by atoms with Crippen molar-refractivity contribution in [3.8, 4) is 11.1 Å². The van der Waals surface area contributed by atoms with Crippen LogP contribution in [0.5, 0.6) is 0 Å². The second-order valence-electron chi connectivity index (χ2n) is 7.01. The Balaban J connectivity index is 1.41. The average molecular weight is 483 g/mol. The molecule has 0 radical (unpaired) electrons. The number of fused-ring (bicyclic) bond motifs is 3. The summed E-state index contributed by atoms with van der Waals surface area (Å²) in [5, 5.41) is 3.02. The van der Waals surface area contributed by atoms with Crippen molar-refractivity contribution in [3.63, 3.8) is 0 Å². The summed E-state index contributed by atoms with van der Waals surface area (Å²) in [5.41, 5.74) is 6.14. The highest BCUT2D eigenvalue weighted by molar-refractivity contribution is 14.1. The van der Waals surface area contributed by atoms with Crippen LogP contribution in [-0.2, 0) is 11.2 Å². The SMILES string of the molecule is O=C(NC(CI)Cc1ccccc1)OCC1c2ccccc2-c2ccccc21. The van der Waals surface area contributed by atoms with Gasteiger partial charge in [-0.3, -0.25) is 0 Å². The van der Waals surface area contributed by atoms with Crippen LogP contribution in [0.2, 0.25) is 0 Å². The van der Waals surface area contributed by atoms with Crippen molar-refractivity contribution < 1.29 is 9.53 Å².